The van der Waals surface area contributed by atoms with Crippen molar-refractivity contribution in [2.45, 2.75) is 26.9 Å². The SMILES string of the molecule is CCOCc1nc(O)c(-c2nnc(Cc3ccc(C)c(F)c3)o2)c(O)c1-c1c(OC)cccc1OC. The van der Waals surface area contributed by atoms with E-state index in [0.29, 0.717) is 34.8 Å². The lowest BCUT2D eigenvalue weighted by Crippen LogP contribution is -2.03. The monoisotopic (exact) mass is 495 g/mol. The Morgan fingerprint density at radius 1 is 0.972 bits per heavy atom. The number of rotatable bonds is 9. The molecule has 2 aromatic carbocycles. The summed E-state index contributed by atoms with van der Waals surface area (Å²) in [5, 5.41) is 30.2. The Balaban J connectivity index is 1.84. The van der Waals surface area contributed by atoms with Crippen LogP contribution in [0.2, 0.25) is 0 Å². The number of ether oxygens (including phenoxy) is 3. The van der Waals surface area contributed by atoms with E-state index in [1.165, 1.54) is 20.3 Å². The van der Waals surface area contributed by atoms with Crippen molar-refractivity contribution in [2.24, 2.45) is 0 Å². The van der Waals surface area contributed by atoms with E-state index in [4.69, 9.17) is 18.6 Å². The first-order chi connectivity index (χ1) is 17.4. The fourth-order valence-corrected chi connectivity index (χ4v) is 3.81. The minimum atomic E-state index is -0.517. The van der Waals surface area contributed by atoms with Gasteiger partial charge in [-0.2, -0.15) is 0 Å². The van der Waals surface area contributed by atoms with Gasteiger partial charge in [-0.05, 0) is 43.2 Å². The second-order valence-corrected chi connectivity index (χ2v) is 7.92. The predicted molar refractivity (Wildman–Crippen MR) is 129 cm³/mol. The van der Waals surface area contributed by atoms with Gasteiger partial charge in [0.1, 0.15) is 28.6 Å². The highest BCUT2D eigenvalue weighted by atomic mass is 19.1. The highest BCUT2D eigenvalue weighted by Gasteiger charge is 2.29. The van der Waals surface area contributed by atoms with Crippen LogP contribution in [0.1, 0.15) is 29.6 Å². The molecular weight excluding hydrogens is 469 g/mol. The van der Waals surface area contributed by atoms with Crippen molar-refractivity contribution in [3.8, 4) is 45.7 Å². The number of pyridine rings is 1. The van der Waals surface area contributed by atoms with Crippen LogP contribution in [0.4, 0.5) is 4.39 Å². The summed E-state index contributed by atoms with van der Waals surface area (Å²) in [6.07, 6.45) is 0.161. The van der Waals surface area contributed by atoms with E-state index in [1.54, 1.807) is 37.3 Å². The molecule has 0 aliphatic rings. The minimum absolute atomic E-state index is 0.00249. The fourth-order valence-electron chi connectivity index (χ4n) is 3.81. The molecule has 0 saturated carbocycles. The van der Waals surface area contributed by atoms with Gasteiger partial charge in [-0.1, -0.05) is 18.2 Å². The lowest BCUT2D eigenvalue weighted by Gasteiger charge is -2.18. The summed E-state index contributed by atoms with van der Waals surface area (Å²) in [5.74, 6) is -0.387. The Labute approximate surface area is 207 Å². The first-order valence-electron chi connectivity index (χ1n) is 11.2. The summed E-state index contributed by atoms with van der Waals surface area (Å²) in [6, 6.07) is 9.97. The van der Waals surface area contributed by atoms with Gasteiger partial charge in [0.2, 0.25) is 11.8 Å². The van der Waals surface area contributed by atoms with Gasteiger partial charge in [0.25, 0.3) is 5.89 Å². The number of halogens is 1. The van der Waals surface area contributed by atoms with Crippen LogP contribution in [0.25, 0.3) is 22.6 Å². The maximum atomic E-state index is 13.9. The molecule has 0 aliphatic carbocycles. The van der Waals surface area contributed by atoms with E-state index in [2.05, 4.69) is 15.2 Å². The first-order valence-corrected chi connectivity index (χ1v) is 11.2. The van der Waals surface area contributed by atoms with E-state index in [0.717, 1.165) is 0 Å². The van der Waals surface area contributed by atoms with Crippen LogP contribution >= 0.6 is 0 Å². The molecule has 0 aliphatic heterocycles. The van der Waals surface area contributed by atoms with Gasteiger partial charge in [-0.15, -0.1) is 10.2 Å². The largest absolute Gasteiger partial charge is 0.506 e. The Kier molecular flexibility index (Phi) is 7.35. The number of methoxy groups -OCH3 is 2. The molecule has 2 heterocycles. The predicted octanol–water partition coefficient (Wildman–Crippen LogP) is 4.80. The van der Waals surface area contributed by atoms with Gasteiger partial charge in [0.15, 0.2) is 0 Å². The number of hydrogen-bond donors (Lipinski definition) is 2. The minimum Gasteiger partial charge on any atom is -0.506 e. The van der Waals surface area contributed by atoms with Gasteiger partial charge in [0.05, 0.1) is 44.1 Å². The highest BCUT2D eigenvalue weighted by molar-refractivity contribution is 5.88. The Morgan fingerprint density at radius 2 is 1.69 bits per heavy atom. The van der Waals surface area contributed by atoms with Crippen molar-refractivity contribution >= 4 is 0 Å². The van der Waals surface area contributed by atoms with Crippen LogP contribution in [-0.2, 0) is 17.8 Å². The molecule has 0 radical (unpaired) electrons. The summed E-state index contributed by atoms with van der Waals surface area (Å²) in [7, 11) is 2.98. The van der Waals surface area contributed by atoms with E-state index >= 15 is 0 Å². The Hall–Kier alpha value is -4.18. The first kappa shape index (κ1) is 24.9. The number of aromatic hydroxyl groups is 2. The maximum Gasteiger partial charge on any atom is 0.257 e. The van der Waals surface area contributed by atoms with Crippen LogP contribution in [0.5, 0.6) is 23.1 Å². The summed E-state index contributed by atoms with van der Waals surface area (Å²) in [6.45, 7) is 3.88. The molecule has 4 aromatic rings. The topological polar surface area (TPSA) is 120 Å². The van der Waals surface area contributed by atoms with Crippen LogP contribution in [-0.4, -0.2) is 46.2 Å². The zero-order valence-electron chi connectivity index (χ0n) is 20.3. The number of hydrogen-bond acceptors (Lipinski definition) is 9. The molecule has 2 N–H and O–H groups in total. The normalized spacial score (nSPS) is 11.0. The zero-order valence-corrected chi connectivity index (χ0v) is 20.3. The Morgan fingerprint density at radius 3 is 2.33 bits per heavy atom. The summed E-state index contributed by atoms with van der Waals surface area (Å²) in [5.41, 5.74) is 1.90. The molecule has 36 heavy (non-hydrogen) atoms. The molecule has 9 nitrogen and oxygen atoms in total. The molecular formula is C26H26FN3O6. The molecule has 0 spiro atoms. The molecule has 4 rings (SSSR count). The Bertz CT molecular complexity index is 1370. The molecule has 0 fully saturated rings. The van der Waals surface area contributed by atoms with Gasteiger partial charge < -0.3 is 28.8 Å². The lowest BCUT2D eigenvalue weighted by atomic mass is 9.98. The lowest BCUT2D eigenvalue weighted by molar-refractivity contribution is 0.131. The molecule has 2 aromatic heterocycles. The highest BCUT2D eigenvalue weighted by Crippen LogP contribution is 2.49. The average Bonchev–Trinajstić information content (AvgIpc) is 3.32. The molecule has 0 amide bonds. The zero-order chi connectivity index (χ0) is 25.8. The second kappa shape index (κ2) is 10.6. The van der Waals surface area contributed by atoms with Crippen molar-refractivity contribution in [1.29, 1.82) is 0 Å². The second-order valence-electron chi connectivity index (χ2n) is 7.92. The molecule has 0 saturated heterocycles. The average molecular weight is 496 g/mol. The van der Waals surface area contributed by atoms with E-state index < -0.39 is 5.88 Å². The fraction of sp³-hybridized carbons (Fsp3) is 0.269. The van der Waals surface area contributed by atoms with Gasteiger partial charge >= 0.3 is 0 Å². The number of aromatic nitrogens is 3. The summed E-state index contributed by atoms with van der Waals surface area (Å²) < 4.78 is 36.2. The number of aryl methyl sites for hydroxylation is 1. The van der Waals surface area contributed by atoms with Crippen LogP contribution in [0, 0.1) is 12.7 Å². The van der Waals surface area contributed by atoms with Crippen molar-refractivity contribution < 1.29 is 33.2 Å². The van der Waals surface area contributed by atoms with Crippen molar-refractivity contribution in [1.82, 2.24) is 15.2 Å². The van der Waals surface area contributed by atoms with Gasteiger partial charge in [-0.25, -0.2) is 9.37 Å². The maximum absolute atomic E-state index is 13.9. The summed E-state index contributed by atoms with van der Waals surface area (Å²) in [4.78, 5) is 4.27. The standard InChI is InChI=1S/C26H26FN3O6/c1-5-35-13-17-21(22-18(33-3)7-6-8-19(22)34-4)24(31)23(25(32)28-17)26-30-29-20(36-26)12-15-10-9-14(2)16(27)11-15/h6-11H,5,12-13H2,1-4H3,(H2,28,31,32). The van der Waals surface area contributed by atoms with Crippen molar-refractivity contribution in [3.63, 3.8) is 0 Å². The van der Waals surface area contributed by atoms with Gasteiger partial charge in [-0.3, -0.25) is 0 Å². The summed E-state index contributed by atoms with van der Waals surface area (Å²) >= 11 is 0. The molecule has 188 valence electrons. The molecule has 0 bridgehead atoms. The van der Waals surface area contributed by atoms with E-state index in [9.17, 15) is 14.6 Å². The van der Waals surface area contributed by atoms with Crippen LogP contribution < -0.4 is 9.47 Å². The van der Waals surface area contributed by atoms with Crippen LogP contribution in [0.15, 0.2) is 40.8 Å². The molecule has 0 atom stereocenters. The van der Waals surface area contributed by atoms with Crippen LogP contribution in [0.3, 0.4) is 0 Å². The van der Waals surface area contributed by atoms with Crippen molar-refractivity contribution in [2.75, 3.05) is 20.8 Å². The number of nitrogens with zero attached hydrogens (tertiary/aromatic N) is 3. The van der Waals surface area contributed by atoms with Gasteiger partial charge in [0, 0.05) is 6.61 Å². The number of benzene rings is 2. The molecule has 0 unspecified atom stereocenters. The smallest absolute Gasteiger partial charge is 0.257 e. The van der Waals surface area contributed by atoms with Crippen molar-refractivity contribution in [3.05, 3.63) is 64.9 Å². The quantitative estimate of drug-likeness (QED) is 0.337. The third kappa shape index (κ3) is 4.80. The third-order valence-corrected chi connectivity index (χ3v) is 5.62. The third-order valence-electron chi connectivity index (χ3n) is 5.62. The van der Waals surface area contributed by atoms with E-state index in [1.807, 2.05) is 6.92 Å². The van der Waals surface area contributed by atoms with E-state index in [-0.39, 0.29) is 53.2 Å². The molecule has 10 heteroatoms.